The molecule has 1 aliphatic rings. The lowest BCUT2D eigenvalue weighted by molar-refractivity contribution is 0.0982. The second-order valence-corrected chi connectivity index (χ2v) is 9.93. The molecule has 5 rings (SSSR count). The van der Waals surface area contributed by atoms with Gasteiger partial charge in [-0.25, -0.2) is 4.39 Å². The fourth-order valence-corrected chi connectivity index (χ4v) is 5.05. The zero-order chi connectivity index (χ0) is 24.4. The van der Waals surface area contributed by atoms with E-state index >= 15 is 0 Å². The van der Waals surface area contributed by atoms with E-state index in [-0.39, 0.29) is 17.5 Å². The zero-order valence-electron chi connectivity index (χ0n) is 20.4. The van der Waals surface area contributed by atoms with Crippen molar-refractivity contribution in [2.45, 2.75) is 64.5 Å². The van der Waals surface area contributed by atoms with Crippen molar-refractivity contribution in [2.24, 2.45) is 0 Å². The summed E-state index contributed by atoms with van der Waals surface area (Å²) in [7, 11) is 0. The minimum Gasteiger partial charge on any atom is -0.382 e. The van der Waals surface area contributed by atoms with E-state index in [9.17, 15) is 9.18 Å². The van der Waals surface area contributed by atoms with E-state index in [0.29, 0.717) is 25.4 Å². The zero-order valence-corrected chi connectivity index (χ0v) is 20.4. The molecule has 1 N–H and O–H groups in total. The van der Waals surface area contributed by atoms with Crippen LogP contribution in [0.15, 0.2) is 67.0 Å². The van der Waals surface area contributed by atoms with Crippen molar-refractivity contribution < 1.29 is 9.18 Å². The van der Waals surface area contributed by atoms with Gasteiger partial charge in [0.05, 0.1) is 11.7 Å². The number of carbonyl (C=O) groups is 1. The fraction of sp³-hybridized carbons (Fsp3) is 0.333. The van der Waals surface area contributed by atoms with Gasteiger partial charge in [0.15, 0.2) is 5.78 Å². The first-order valence-corrected chi connectivity index (χ1v) is 12.6. The number of anilines is 1. The molecule has 2 aromatic carbocycles. The summed E-state index contributed by atoms with van der Waals surface area (Å²) in [5.74, 6) is -0.109. The third-order valence-corrected chi connectivity index (χ3v) is 6.99. The van der Waals surface area contributed by atoms with Crippen LogP contribution in [0.4, 0.5) is 10.1 Å². The predicted molar refractivity (Wildman–Crippen MR) is 140 cm³/mol. The van der Waals surface area contributed by atoms with Gasteiger partial charge in [-0.3, -0.25) is 9.78 Å². The molecule has 0 unspecified atom stereocenters. The molecule has 0 spiro atoms. The number of hydrogen-bond acceptors (Lipinski definition) is 3. The van der Waals surface area contributed by atoms with Crippen LogP contribution in [0.2, 0.25) is 0 Å². The number of ketones is 1. The molecule has 1 fully saturated rings. The van der Waals surface area contributed by atoms with Gasteiger partial charge in [-0.1, -0.05) is 50.2 Å². The molecule has 0 saturated heterocycles. The van der Waals surface area contributed by atoms with Crippen LogP contribution in [0, 0.1) is 5.82 Å². The second-order valence-electron chi connectivity index (χ2n) is 9.93. The highest BCUT2D eigenvalue weighted by Gasteiger charge is 2.25. The van der Waals surface area contributed by atoms with E-state index in [1.54, 1.807) is 6.20 Å². The Hall–Kier alpha value is -3.47. The summed E-state index contributed by atoms with van der Waals surface area (Å²) in [5.41, 5.74) is 5.99. The number of nitrogens with zero attached hydrogens (tertiary/aromatic N) is 2. The molecule has 1 saturated carbocycles. The van der Waals surface area contributed by atoms with Gasteiger partial charge in [-0.2, -0.15) is 0 Å². The first kappa shape index (κ1) is 23.3. The topological polar surface area (TPSA) is 46.9 Å². The average molecular weight is 470 g/mol. The molecular formula is C30H32FN3O. The molecule has 0 bridgehead atoms. The van der Waals surface area contributed by atoms with Crippen molar-refractivity contribution in [3.63, 3.8) is 0 Å². The van der Waals surface area contributed by atoms with Gasteiger partial charge in [0.25, 0.3) is 0 Å². The number of benzene rings is 2. The number of halogens is 1. The molecule has 5 heteroatoms. The maximum atomic E-state index is 13.7. The fourth-order valence-electron chi connectivity index (χ4n) is 5.05. The molecule has 4 aromatic rings. The van der Waals surface area contributed by atoms with Crippen LogP contribution in [0.1, 0.15) is 72.6 Å². The second kappa shape index (κ2) is 10.0. The largest absolute Gasteiger partial charge is 0.382 e. The van der Waals surface area contributed by atoms with Crippen molar-refractivity contribution in [2.75, 3.05) is 5.32 Å². The Bertz CT molecular complexity index is 1340. The van der Waals surface area contributed by atoms with Gasteiger partial charge in [-0.15, -0.1) is 0 Å². The SMILES string of the molecule is CC(C)c1c(C(=O)CCc2cncc(F)c2)c2ccc(NC3CCC3)cc2n1Cc1ccccc1. The normalized spacial score (nSPS) is 13.8. The molecule has 2 heterocycles. The average Bonchev–Trinajstić information content (AvgIpc) is 3.14. The van der Waals surface area contributed by atoms with Gasteiger partial charge >= 0.3 is 0 Å². The summed E-state index contributed by atoms with van der Waals surface area (Å²) in [4.78, 5) is 17.6. The maximum absolute atomic E-state index is 13.7. The number of rotatable bonds is 9. The Kier molecular flexibility index (Phi) is 6.67. The summed E-state index contributed by atoms with van der Waals surface area (Å²) in [6, 6.07) is 18.8. The number of aromatic nitrogens is 2. The monoisotopic (exact) mass is 469 g/mol. The molecule has 0 amide bonds. The van der Waals surface area contributed by atoms with E-state index in [0.717, 1.165) is 33.4 Å². The minimum atomic E-state index is -0.372. The molecule has 0 aliphatic heterocycles. The number of aryl methyl sites for hydroxylation is 1. The van der Waals surface area contributed by atoms with Crippen LogP contribution >= 0.6 is 0 Å². The number of carbonyl (C=O) groups excluding carboxylic acids is 1. The number of pyridine rings is 1. The van der Waals surface area contributed by atoms with E-state index in [1.165, 1.54) is 37.1 Å². The molecule has 4 nitrogen and oxygen atoms in total. The van der Waals surface area contributed by atoms with Gasteiger partial charge in [0.1, 0.15) is 5.82 Å². The summed E-state index contributed by atoms with van der Waals surface area (Å²) >= 11 is 0. The van der Waals surface area contributed by atoms with Crippen LogP contribution in [-0.4, -0.2) is 21.4 Å². The van der Waals surface area contributed by atoms with Gasteiger partial charge in [0.2, 0.25) is 0 Å². The lowest BCUT2D eigenvalue weighted by Gasteiger charge is -2.27. The minimum absolute atomic E-state index is 0.0921. The summed E-state index contributed by atoms with van der Waals surface area (Å²) in [5, 5.41) is 4.65. The quantitative estimate of drug-likeness (QED) is 0.265. The molecule has 0 atom stereocenters. The van der Waals surface area contributed by atoms with Crippen molar-refractivity contribution in [1.82, 2.24) is 9.55 Å². The highest BCUT2D eigenvalue weighted by molar-refractivity contribution is 6.10. The summed E-state index contributed by atoms with van der Waals surface area (Å²) < 4.78 is 15.9. The van der Waals surface area contributed by atoms with E-state index < -0.39 is 0 Å². The molecule has 0 radical (unpaired) electrons. The van der Waals surface area contributed by atoms with Crippen molar-refractivity contribution in [3.05, 3.63) is 95.2 Å². The standard InChI is InChI=1S/C30H32FN3O/c1-20(2)30-29(28(35)14-11-22-15-23(31)18-32-17-22)26-13-12-25(33-24-9-6-10-24)16-27(26)34(30)19-21-7-4-3-5-8-21/h3-5,7-8,12-13,15-18,20,24,33H,6,9-11,14,19H2,1-2H3. The van der Waals surface area contributed by atoms with E-state index in [1.807, 2.05) is 6.07 Å². The van der Waals surface area contributed by atoms with Crippen molar-refractivity contribution >= 4 is 22.4 Å². The Balaban J connectivity index is 1.56. The Morgan fingerprint density at radius 1 is 1.09 bits per heavy atom. The highest BCUT2D eigenvalue weighted by atomic mass is 19.1. The number of hydrogen-bond donors (Lipinski definition) is 1. The lowest BCUT2D eigenvalue weighted by Crippen LogP contribution is -2.26. The maximum Gasteiger partial charge on any atom is 0.165 e. The summed E-state index contributed by atoms with van der Waals surface area (Å²) in [6.07, 6.45) is 7.30. The van der Waals surface area contributed by atoms with Crippen LogP contribution in [0.25, 0.3) is 10.9 Å². The lowest BCUT2D eigenvalue weighted by atomic mass is 9.93. The Morgan fingerprint density at radius 2 is 1.89 bits per heavy atom. The Morgan fingerprint density at radius 3 is 2.57 bits per heavy atom. The molecular weight excluding hydrogens is 437 g/mol. The number of fused-ring (bicyclic) bond motifs is 1. The van der Waals surface area contributed by atoms with E-state index in [4.69, 9.17) is 0 Å². The molecule has 180 valence electrons. The third-order valence-electron chi connectivity index (χ3n) is 6.99. The smallest absolute Gasteiger partial charge is 0.165 e. The number of nitrogens with one attached hydrogen (secondary N) is 1. The highest BCUT2D eigenvalue weighted by Crippen LogP contribution is 2.35. The van der Waals surface area contributed by atoms with E-state index in [2.05, 4.69) is 71.2 Å². The van der Waals surface area contributed by atoms with Crippen LogP contribution in [0.5, 0.6) is 0 Å². The van der Waals surface area contributed by atoms with Crippen molar-refractivity contribution in [1.29, 1.82) is 0 Å². The van der Waals surface area contributed by atoms with Crippen LogP contribution in [0.3, 0.4) is 0 Å². The van der Waals surface area contributed by atoms with Gasteiger partial charge < -0.3 is 9.88 Å². The molecule has 1 aliphatic carbocycles. The molecule has 2 aromatic heterocycles. The van der Waals surface area contributed by atoms with Crippen LogP contribution < -0.4 is 5.32 Å². The molecule has 35 heavy (non-hydrogen) atoms. The number of Topliss-reactive ketones (excluding diaryl/α,β-unsaturated/α-hetero) is 1. The third kappa shape index (κ3) is 5.00. The van der Waals surface area contributed by atoms with Gasteiger partial charge in [-0.05, 0) is 60.9 Å². The predicted octanol–water partition coefficient (Wildman–Crippen LogP) is 7.13. The Labute approximate surface area is 206 Å². The van der Waals surface area contributed by atoms with Gasteiger partial charge in [0, 0.05) is 47.5 Å². The van der Waals surface area contributed by atoms with Crippen LogP contribution in [-0.2, 0) is 13.0 Å². The van der Waals surface area contributed by atoms with Crippen molar-refractivity contribution in [3.8, 4) is 0 Å². The summed E-state index contributed by atoms with van der Waals surface area (Å²) in [6.45, 7) is 5.01. The first-order valence-electron chi connectivity index (χ1n) is 12.6. The first-order chi connectivity index (χ1) is 17.0.